The van der Waals surface area contributed by atoms with Crippen molar-refractivity contribution < 1.29 is 28.5 Å². The summed E-state index contributed by atoms with van der Waals surface area (Å²) in [5.41, 5.74) is 3.51. The van der Waals surface area contributed by atoms with Crippen LogP contribution in [0, 0.1) is 29.6 Å². The Kier molecular flexibility index (Phi) is 9.11. The van der Waals surface area contributed by atoms with Gasteiger partial charge in [-0.25, -0.2) is 0 Å². The van der Waals surface area contributed by atoms with E-state index in [0.29, 0.717) is 37.2 Å². The molecule has 0 aromatic heterocycles. The SMILES string of the molecule is CO[C@@H]1C(C)=C[C@H]2C(=O)O[C@H]3C[C@@H](C/C=C(\C)C[C@@H](C)/C=C/C=C4\CO[C@H]1C42)O[C@@]1(CC[C@H](C)[C@@H](C(C)C)O1)C3. The first-order valence-electron chi connectivity index (χ1n) is 15.5. The number of hydrogen-bond donors (Lipinski definition) is 0. The fraction of sp³-hybridized carbons (Fsp3) is 0.735. The Balaban J connectivity index is 1.49. The molecule has 5 rings (SSSR count). The van der Waals surface area contributed by atoms with Crippen molar-refractivity contribution in [1.29, 1.82) is 0 Å². The molecule has 3 saturated heterocycles. The van der Waals surface area contributed by atoms with Gasteiger partial charge in [0.05, 0.1) is 30.8 Å². The Morgan fingerprint density at radius 3 is 2.67 bits per heavy atom. The first kappa shape index (κ1) is 29.8. The van der Waals surface area contributed by atoms with Gasteiger partial charge >= 0.3 is 5.97 Å². The summed E-state index contributed by atoms with van der Waals surface area (Å²) in [7, 11) is 1.72. The fourth-order valence-electron chi connectivity index (χ4n) is 7.77. The zero-order valence-corrected chi connectivity index (χ0v) is 25.6. The average molecular weight is 555 g/mol. The van der Waals surface area contributed by atoms with Crippen molar-refractivity contribution in [2.45, 2.75) is 116 Å². The summed E-state index contributed by atoms with van der Waals surface area (Å²) in [6.45, 7) is 13.7. The molecule has 0 N–H and O–H groups in total. The van der Waals surface area contributed by atoms with Crippen LogP contribution in [0.2, 0.25) is 0 Å². The molecule has 10 atom stereocenters. The number of allylic oxidation sites excluding steroid dienone is 4. The van der Waals surface area contributed by atoms with Gasteiger partial charge in [-0.05, 0) is 62.0 Å². The summed E-state index contributed by atoms with van der Waals surface area (Å²) in [5.74, 6) is -0.110. The molecule has 222 valence electrons. The summed E-state index contributed by atoms with van der Waals surface area (Å²) >= 11 is 0. The highest BCUT2D eigenvalue weighted by atomic mass is 16.7. The maximum Gasteiger partial charge on any atom is 0.313 e. The lowest BCUT2D eigenvalue weighted by molar-refractivity contribution is -0.340. The monoisotopic (exact) mass is 554 g/mol. The van der Waals surface area contributed by atoms with Crippen LogP contribution in [-0.2, 0) is 28.5 Å². The summed E-state index contributed by atoms with van der Waals surface area (Å²) in [6.07, 6.45) is 15.3. The molecule has 0 amide bonds. The summed E-state index contributed by atoms with van der Waals surface area (Å²) in [5, 5.41) is 0. The largest absolute Gasteiger partial charge is 0.462 e. The molecule has 1 unspecified atom stereocenters. The number of carbonyl (C=O) groups is 1. The number of methoxy groups -OCH3 is 1. The number of rotatable bonds is 2. The van der Waals surface area contributed by atoms with Crippen molar-refractivity contribution in [2.24, 2.45) is 29.6 Å². The maximum atomic E-state index is 14.0. The summed E-state index contributed by atoms with van der Waals surface area (Å²) < 4.78 is 32.1. The van der Waals surface area contributed by atoms with E-state index in [2.05, 4.69) is 65.0 Å². The fourth-order valence-corrected chi connectivity index (χ4v) is 7.77. The topological polar surface area (TPSA) is 63.2 Å². The quantitative estimate of drug-likeness (QED) is 0.279. The van der Waals surface area contributed by atoms with Crippen molar-refractivity contribution in [3.8, 4) is 0 Å². The maximum absolute atomic E-state index is 14.0. The molecule has 5 aliphatic rings. The summed E-state index contributed by atoms with van der Waals surface area (Å²) in [6, 6.07) is 0. The van der Waals surface area contributed by atoms with E-state index in [1.807, 2.05) is 6.92 Å². The minimum Gasteiger partial charge on any atom is -0.462 e. The Morgan fingerprint density at radius 2 is 1.93 bits per heavy atom. The molecule has 4 aliphatic heterocycles. The third-order valence-electron chi connectivity index (χ3n) is 9.73. The van der Waals surface area contributed by atoms with Gasteiger partial charge in [0, 0.05) is 32.3 Å². The van der Waals surface area contributed by atoms with Gasteiger partial charge in [-0.15, -0.1) is 0 Å². The van der Waals surface area contributed by atoms with E-state index < -0.39 is 11.7 Å². The molecule has 6 heteroatoms. The van der Waals surface area contributed by atoms with E-state index in [0.717, 1.165) is 36.8 Å². The first-order valence-corrected chi connectivity index (χ1v) is 15.5. The van der Waals surface area contributed by atoms with Crippen LogP contribution in [0.1, 0.15) is 80.1 Å². The molecule has 6 nitrogen and oxygen atoms in total. The third kappa shape index (κ3) is 6.21. The molecule has 1 spiro atoms. The third-order valence-corrected chi connectivity index (χ3v) is 9.73. The van der Waals surface area contributed by atoms with E-state index >= 15 is 0 Å². The zero-order valence-electron chi connectivity index (χ0n) is 25.6. The second-order valence-electron chi connectivity index (χ2n) is 13.5. The first-order chi connectivity index (χ1) is 19.1. The molecule has 3 fully saturated rings. The number of fused-ring (bicyclic) bond motifs is 2. The molecule has 4 heterocycles. The normalized spacial score (nSPS) is 46.0. The van der Waals surface area contributed by atoms with Gasteiger partial charge in [0.25, 0.3) is 0 Å². The molecule has 0 aromatic carbocycles. The number of hydrogen-bond acceptors (Lipinski definition) is 6. The average Bonchev–Trinajstić information content (AvgIpc) is 3.31. The van der Waals surface area contributed by atoms with E-state index in [1.165, 1.54) is 5.57 Å². The van der Waals surface area contributed by atoms with Crippen molar-refractivity contribution in [3.63, 3.8) is 0 Å². The van der Waals surface area contributed by atoms with Gasteiger partial charge in [0.2, 0.25) is 0 Å². The molecule has 40 heavy (non-hydrogen) atoms. The highest BCUT2D eigenvalue weighted by molar-refractivity contribution is 5.76. The predicted molar refractivity (Wildman–Crippen MR) is 155 cm³/mol. The number of carbonyl (C=O) groups excluding carboxylic acids is 1. The Bertz CT molecular complexity index is 1050. The van der Waals surface area contributed by atoms with Gasteiger partial charge in [0.15, 0.2) is 5.79 Å². The van der Waals surface area contributed by atoms with Crippen LogP contribution in [-0.4, -0.2) is 56.0 Å². The lowest BCUT2D eigenvalue weighted by atomic mass is 9.74. The molecule has 0 radical (unpaired) electrons. The van der Waals surface area contributed by atoms with Crippen LogP contribution >= 0.6 is 0 Å². The van der Waals surface area contributed by atoms with Gasteiger partial charge in [-0.2, -0.15) is 0 Å². The minimum absolute atomic E-state index is 0.0546. The van der Waals surface area contributed by atoms with Crippen LogP contribution in [0.3, 0.4) is 0 Å². The lowest BCUT2D eigenvalue weighted by Crippen LogP contribution is -2.55. The van der Waals surface area contributed by atoms with Crippen molar-refractivity contribution >= 4 is 5.97 Å². The van der Waals surface area contributed by atoms with Gasteiger partial charge in [-0.3, -0.25) is 4.79 Å². The number of ether oxygens (including phenoxy) is 5. The van der Waals surface area contributed by atoms with Crippen LogP contribution in [0.15, 0.2) is 47.1 Å². The van der Waals surface area contributed by atoms with Crippen LogP contribution < -0.4 is 0 Å². The summed E-state index contributed by atoms with van der Waals surface area (Å²) in [4.78, 5) is 14.0. The van der Waals surface area contributed by atoms with Crippen LogP contribution in [0.4, 0.5) is 0 Å². The molecule has 0 aromatic rings. The predicted octanol–water partition coefficient (Wildman–Crippen LogP) is 6.71. The Hall–Kier alpha value is -1.73. The highest BCUT2D eigenvalue weighted by Gasteiger charge is 2.52. The van der Waals surface area contributed by atoms with E-state index in [9.17, 15) is 4.79 Å². The van der Waals surface area contributed by atoms with E-state index in [-0.39, 0.29) is 42.4 Å². The van der Waals surface area contributed by atoms with Crippen molar-refractivity contribution in [1.82, 2.24) is 0 Å². The molecular weight excluding hydrogens is 504 g/mol. The van der Waals surface area contributed by atoms with Gasteiger partial charge < -0.3 is 23.7 Å². The van der Waals surface area contributed by atoms with Crippen LogP contribution in [0.5, 0.6) is 0 Å². The zero-order chi connectivity index (χ0) is 28.6. The second kappa shape index (κ2) is 12.2. The van der Waals surface area contributed by atoms with E-state index in [4.69, 9.17) is 23.7 Å². The van der Waals surface area contributed by atoms with Crippen LogP contribution in [0.25, 0.3) is 0 Å². The van der Waals surface area contributed by atoms with E-state index in [1.54, 1.807) is 7.11 Å². The smallest absolute Gasteiger partial charge is 0.313 e. The molecule has 0 saturated carbocycles. The Labute approximate surface area is 241 Å². The molecule has 2 bridgehead atoms. The van der Waals surface area contributed by atoms with Gasteiger partial charge in [0.1, 0.15) is 12.2 Å². The van der Waals surface area contributed by atoms with Gasteiger partial charge in [-0.1, -0.05) is 63.6 Å². The lowest BCUT2D eigenvalue weighted by Gasteiger charge is -2.50. The number of esters is 1. The second-order valence-corrected chi connectivity index (χ2v) is 13.5. The highest BCUT2D eigenvalue weighted by Crippen LogP contribution is 2.46. The van der Waals surface area contributed by atoms with Crippen molar-refractivity contribution in [3.05, 3.63) is 47.1 Å². The minimum atomic E-state index is -0.706. The Morgan fingerprint density at radius 1 is 1.12 bits per heavy atom. The molecular formula is C34H50O6. The molecule has 1 aliphatic carbocycles. The van der Waals surface area contributed by atoms with Crippen molar-refractivity contribution in [2.75, 3.05) is 13.7 Å². The standard InChI is InChI=1S/C34H50O6/c1-20(2)30-23(5)13-14-34(40-30)18-27-17-26(39-34)12-11-22(4)15-21(3)9-8-10-25-19-37-32-29(25)28(33(35)38-27)16-24(6)31(32)36-7/h8-11,16,20-21,23,26-32H,12-15,17-19H2,1-7H3/b9-8+,22-11+,25-10+/t21-,23-,26+,27-,28+,29?,30+,31+,32-,34+/m0/s1.